The zero-order valence-electron chi connectivity index (χ0n) is 11.9. The fraction of sp³-hybridized carbons (Fsp3) is 0.235. The molecule has 1 N–H and O–H groups in total. The summed E-state index contributed by atoms with van der Waals surface area (Å²) in [6.45, 7) is 2.98. The lowest BCUT2D eigenvalue weighted by Gasteiger charge is -2.22. The minimum Gasteiger partial charge on any atom is -0.508 e. The topological polar surface area (TPSA) is 40.5 Å². The van der Waals surface area contributed by atoms with Gasteiger partial charge in [0, 0.05) is 24.0 Å². The number of phenolic OH excluding ortho intramolecular Hbond substituents is 1. The molecule has 0 aliphatic rings. The predicted octanol–water partition coefficient (Wildman–Crippen LogP) is 3.74. The van der Waals surface area contributed by atoms with E-state index in [4.69, 9.17) is 0 Å². The maximum atomic E-state index is 12.6. The van der Waals surface area contributed by atoms with Crippen molar-refractivity contribution in [3.05, 3.63) is 65.2 Å². The lowest BCUT2D eigenvalue weighted by molar-refractivity contribution is 0.0754. The Bertz CT molecular complexity index is 613. The van der Waals surface area contributed by atoms with Crippen molar-refractivity contribution >= 4 is 21.8 Å². The summed E-state index contributed by atoms with van der Waals surface area (Å²) in [4.78, 5) is 14.4. The second-order valence-corrected chi connectivity index (χ2v) is 5.70. The van der Waals surface area contributed by atoms with Gasteiger partial charge in [0.2, 0.25) is 0 Å². The predicted molar refractivity (Wildman–Crippen MR) is 87.8 cm³/mol. The largest absolute Gasteiger partial charge is 0.508 e. The van der Waals surface area contributed by atoms with Gasteiger partial charge in [-0.1, -0.05) is 52.3 Å². The van der Waals surface area contributed by atoms with E-state index < -0.39 is 0 Å². The number of amides is 1. The number of hydrogen-bond donors (Lipinski definition) is 1. The van der Waals surface area contributed by atoms with Crippen molar-refractivity contribution in [2.75, 3.05) is 11.9 Å². The molecule has 4 heteroatoms. The first-order valence-corrected chi connectivity index (χ1v) is 7.92. The van der Waals surface area contributed by atoms with Gasteiger partial charge in [-0.3, -0.25) is 4.79 Å². The fourth-order valence-corrected chi connectivity index (χ4v) is 2.51. The van der Waals surface area contributed by atoms with Crippen molar-refractivity contribution in [3.8, 4) is 5.75 Å². The third-order valence-electron chi connectivity index (χ3n) is 3.31. The molecule has 0 bridgehead atoms. The molecule has 0 spiro atoms. The van der Waals surface area contributed by atoms with Crippen LogP contribution in [0.5, 0.6) is 5.75 Å². The summed E-state index contributed by atoms with van der Waals surface area (Å²) in [6, 6.07) is 14.9. The number of halogens is 1. The Morgan fingerprint density at radius 3 is 2.52 bits per heavy atom. The number of carbonyl (C=O) groups excluding carboxylic acids is 1. The quantitative estimate of drug-likeness (QED) is 0.837. The smallest absolute Gasteiger partial charge is 0.254 e. The number of aryl methyl sites for hydroxylation is 1. The Balaban J connectivity index is 2.20. The molecule has 2 aromatic carbocycles. The van der Waals surface area contributed by atoms with Crippen LogP contribution in [0.15, 0.2) is 48.5 Å². The van der Waals surface area contributed by atoms with Crippen LogP contribution in [0.2, 0.25) is 0 Å². The van der Waals surface area contributed by atoms with Gasteiger partial charge in [0.25, 0.3) is 5.91 Å². The monoisotopic (exact) mass is 347 g/mol. The van der Waals surface area contributed by atoms with Crippen molar-refractivity contribution < 1.29 is 9.90 Å². The van der Waals surface area contributed by atoms with Crippen molar-refractivity contribution in [3.63, 3.8) is 0 Å². The van der Waals surface area contributed by atoms with Crippen LogP contribution in [-0.4, -0.2) is 27.8 Å². The second-order valence-electron chi connectivity index (χ2n) is 4.90. The van der Waals surface area contributed by atoms with Gasteiger partial charge in [0.15, 0.2) is 0 Å². The summed E-state index contributed by atoms with van der Waals surface area (Å²) in [6.07, 6.45) is 0. The van der Waals surface area contributed by atoms with E-state index in [0.29, 0.717) is 24.0 Å². The Labute approximate surface area is 133 Å². The average Bonchev–Trinajstić information content (AvgIpc) is 2.50. The van der Waals surface area contributed by atoms with Crippen LogP contribution in [0.25, 0.3) is 0 Å². The Hall–Kier alpha value is -1.81. The molecule has 2 aromatic rings. The molecule has 0 radical (unpaired) electrons. The van der Waals surface area contributed by atoms with E-state index in [1.807, 2.05) is 37.3 Å². The molecule has 2 rings (SSSR count). The van der Waals surface area contributed by atoms with Gasteiger partial charge in [0.05, 0.1) is 0 Å². The number of aromatic hydroxyl groups is 1. The summed E-state index contributed by atoms with van der Waals surface area (Å²) in [5.41, 5.74) is 2.36. The first kappa shape index (κ1) is 15.6. The van der Waals surface area contributed by atoms with Crippen molar-refractivity contribution in [1.29, 1.82) is 0 Å². The van der Waals surface area contributed by atoms with Crippen LogP contribution >= 0.6 is 15.9 Å². The van der Waals surface area contributed by atoms with E-state index in [0.717, 1.165) is 11.1 Å². The van der Waals surface area contributed by atoms with E-state index in [9.17, 15) is 9.90 Å². The van der Waals surface area contributed by atoms with Gasteiger partial charge in [-0.15, -0.1) is 0 Å². The molecule has 110 valence electrons. The highest BCUT2D eigenvalue weighted by atomic mass is 79.9. The number of nitrogens with zero attached hydrogens (tertiary/aromatic N) is 1. The number of rotatable bonds is 5. The summed E-state index contributed by atoms with van der Waals surface area (Å²) in [7, 11) is 0. The van der Waals surface area contributed by atoms with Gasteiger partial charge in [0.1, 0.15) is 5.75 Å². The van der Waals surface area contributed by atoms with Crippen LogP contribution in [0, 0.1) is 6.92 Å². The van der Waals surface area contributed by atoms with Gasteiger partial charge in [-0.05, 0) is 30.2 Å². The maximum Gasteiger partial charge on any atom is 0.254 e. The molecule has 21 heavy (non-hydrogen) atoms. The van der Waals surface area contributed by atoms with Gasteiger partial charge < -0.3 is 10.0 Å². The van der Waals surface area contributed by atoms with E-state index in [1.165, 1.54) is 6.07 Å². The number of alkyl halides is 1. The molecule has 3 nitrogen and oxygen atoms in total. The maximum absolute atomic E-state index is 12.6. The van der Waals surface area contributed by atoms with Crippen molar-refractivity contribution in [2.24, 2.45) is 0 Å². The fourth-order valence-electron chi connectivity index (χ4n) is 2.08. The molecular weight excluding hydrogens is 330 g/mol. The number of benzene rings is 2. The summed E-state index contributed by atoms with van der Waals surface area (Å²) < 4.78 is 0. The Kier molecular flexibility index (Phi) is 5.39. The van der Waals surface area contributed by atoms with E-state index in [1.54, 1.807) is 17.0 Å². The molecule has 0 aromatic heterocycles. The third kappa shape index (κ3) is 4.08. The zero-order valence-corrected chi connectivity index (χ0v) is 13.5. The molecule has 0 heterocycles. The van der Waals surface area contributed by atoms with E-state index in [2.05, 4.69) is 15.9 Å². The van der Waals surface area contributed by atoms with Crippen LogP contribution in [0.1, 0.15) is 21.5 Å². The minimum absolute atomic E-state index is 0.0754. The van der Waals surface area contributed by atoms with Crippen LogP contribution in [0.3, 0.4) is 0 Å². The molecule has 0 fully saturated rings. The molecule has 0 saturated carbocycles. The lowest BCUT2D eigenvalue weighted by atomic mass is 10.1. The highest BCUT2D eigenvalue weighted by Gasteiger charge is 2.16. The zero-order chi connectivity index (χ0) is 15.2. The molecule has 0 aliphatic heterocycles. The Morgan fingerprint density at radius 1 is 1.19 bits per heavy atom. The van der Waals surface area contributed by atoms with Crippen molar-refractivity contribution in [2.45, 2.75) is 13.5 Å². The lowest BCUT2D eigenvalue weighted by Crippen LogP contribution is -2.32. The SMILES string of the molecule is Cc1ccc(C(=O)N(CCBr)Cc2ccccc2)cc1O. The summed E-state index contributed by atoms with van der Waals surface area (Å²) in [5, 5.41) is 10.5. The van der Waals surface area contributed by atoms with E-state index in [-0.39, 0.29) is 11.7 Å². The van der Waals surface area contributed by atoms with E-state index >= 15 is 0 Å². The molecule has 0 aliphatic carbocycles. The highest BCUT2D eigenvalue weighted by molar-refractivity contribution is 9.09. The number of hydrogen-bond acceptors (Lipinski definition) is 2. The second kappa shape index (κ2) is 7.27. The summed E-state index contributed by atoms with van der Waals surface area (Å²) in [5.74, 6) is 0.0768. The normalized spacial score (nSPS) is 10.4. The van der Waals surface area contributed by atoms with Gasteiger partial charge in [-0.2, -0.15) is 0 Å². The highest BCUT2D eigenvalue weighted by Crippen LogP contribution is 2.19. The molecule has 0 saturated heterocycles. The van der Waals surface area contributed by atoms with Crippen molar-refractivity contribution in [1.82, 2.24) is 4.90 Å². The van der Waals surface area contributed by atoms with Gasteiger partial charge >= 0.3 is 0 Å². The summed E-state index contributed by atoms with van der Waals surface area (Å²) >= 11 is 3.39. The number of phenols is 1. The van der Waals surface area contributed by atoms with Crippen LogP contribution in [-0.2, 0) is 6.54 Å². The first-order chi connectivity index (χ1) is 10.1. The van der Waals surface area contributed by atoms with Gasteiger partial charge in [-0.25, -0.2) is 0 Å². The van der Waals surface area contributed by atoms with Crippen LogP contribution in [0.4, 0.5) is 0 Å². The molecule has 0 unspecified atom stereocenters. The third-order valence-corrected chi connectivity index (χ3v) is 3.67. The van der Waals surface area contributed by atoms with Crippen LogP contribution < -0.4 is 0 Å². The molecule has 0 atom stereocenters. The molecular formula is C17H18BrNO2. The molecule has 1 amide bonds. The first-order valence-electron chi connectivity index (χ1n) is 6.80. The standard InChI is InChI=1S/C17H18BrNO2/c1-13-7-8-15(11-16(13)20)17(21)19(10-9-18)12-14-5-3-2-4-6-14/h2-8,11,20H,9-10,12H2,1H3. The Morgan fingerprint density at radius 2 is 1.90 bits per heavy atom. The minimum atomic E-state index is -0.0754. The average molecular weight is 348 g/mol. The number of carbonyl (C=O) groups is 1.